The van der Waals surface area contributed by atoms with Gasteiger partial charge in [-0.3, -0.25) is 20.4 Å². The normalized spacial score (nSPS) is 10.7. The summed E-state index contributed by atoms with van der Waals surface area (Å²) in [7, 11) is 6.15. The molecule has 0 atom stereocenters. The van der Waals surface area contributed by atoms with Gasteiger partial charge in [0.05, 0.1) is 28.4 Å². The molecular formula is C22H24N2O6. The number of rotatable bonds is 8. The summed E-state index contributed by atoms with van der Waals surface area (Å²) in [6.07, 6.45) is 5.75. The highest BCUT2D eigenvalue weighted by atomic mass is 16.5. The van der Waals surface area contributed by atoms with Gasteiger partial charge in [0.15, 0.2) is 23.0 Å². The second kappa shape index (κ2) is 11.2. The minimum atomic E-state index is -0.488. The number of nitrogens with one attached hydrogen (secondary N) is 2. The maximum Gasteiger partial charge on any atom is 0.262 e. The second-order valence-corrected chi connectivity index (χ2v) is 5.87. The molecule has 0 aliphatic heterocycles. The molecule has 2 aromatic rings. The highest BCUT2D eigenvalue weighted by Crippen LogP contribution is 2.28. The molecule has 0 radical (unpaired) electrons. The molecule has 8 heteroatoms. The third-order valence-electron chi connectivity index (χ3n) is 3.98. The first kappa shape index (κ1) is 22.4. The number of carbonyl (C=O) groups is 2. The number of methoxy groups -OCH3 is 4. The monoisotopic (exact) mass is 412 g/mol. The molecule has 2 rings (SSSR count). The number of amides is 2. The molecule has 0 aromatic heterocycles. The first-order chi connectivity index (χ1) is 14.5. The molecule has 158 valence electrons. The minimum Gasteiger partial charge on any atom is -0.493 e. The van der Waals surface area contributed by atoms with Crippen LogP contribution in [0.1, 0.15) is 11.1 Å². The fourth-order valence-electron chi connectivity index (χ4n) is 2.46. The number of hydrogen-bond donors (Lipinski definition) is 2. The zero-order valence-corrected chi connectivity index (χ0v) is 17.2. The van der Waals surface area contributed by atoms with Gasteiger partial charge in [-0.05, 0) is 47.5 Å². The van der Waals surface area contributed by atoms with Gasteiger partial charge in [0, 0.05) is 12.2 Å². The van der Waals surface area contributed by atoms with E-state index < -0.39 is 11.8 Å². The van der Waals surface area contributed by atoms with Crippen LogP contribution in [0.15, 0.2) is 48.6 Å². The van der Waals surface area contributed by atoms with Crippen molar-refractivity contribution >= 4 is 24.0 Å². The summed E-state index contributed by atoms with van der Waals surface area (Å²) in [5.74, 6) is 1.30. The molecule has 2 N–H and O–H groups in total. The van der Waals surface area contributed by atoms with Crippen molar-refractivity contribution in [2.45, 2.75) is 0 Å². The van der Waals surface area contributed by atoms with Crippen molar-refractivity contribution in [1.82, 2.24) is 10.9 Å². The number of carbonyl (C=O) groups excluding carboxylic acids is 2. The average Bonchev–Trinajstić information content (AvgIpc) is 2.79. The van der Waals surface area contributed by atoms with Gasteiger partial charge in [0.1, 0.15) is 0 Å². The molecule has 8 nitrogen and oxygen atoms in total. The van der Waals surface area contributed by atoms with Gasteiger partial charge in [0.25, 0.3) is 11.8 Å². The first-order valence-electron chi connectivity index (χ1n) is 8.91. The largest absolute Gasteiger partial charge is 0.493 e. The molecule has 0 saturated carbocycles. The van der Waals surface area contributed by atoms with E-state index in [9.17, 15) is 9.59 Å². The van der Waals surface area contributed by atoms with E-state index in [2.05, 4.69) is 10.9 Å². The molecule has 2 amide bonds. The zero-order valence-electron chi connectivity index (χ0n) is 17.2. The van der Waals surface area contributed by atoms with Crippen LogP contribution in [0.2, 0.25) is 0 Å². The van der Waals surface area contributed by atoms with E-state index in [1.165, 1.54) is 26.4 Å². The Morgan fingerprint density at radius 2 is 1.00 bits per heavy atom. The van der Waals surface area contributed by atoms with Crippen LogP contribution in [0.25, 0.3) is 12.2 Å². The van der Waals surface area contributed by atoms with Crippen LogP contribution >= 0.6 is 0 Å². The van der Waals surface area contributed by atoms with Crippen molar-refractivity contribution < 1.29 is 28.5 Å². The van der Waals surface area contributed by atoms with E-state index in [1.54, 1.807) is 62.8 Å². The molecule has 0 unspecified atom stereocenters. The standard InChI is InChI=1S/C22H24N2O6/c1-27-17-9-5-15(13-19(17)29-3)7-11-21(25)23-24-22(26)12-8-16-6-10-18(28-2)20(14-16)30-4/h5-14H,1-4H3,(H,23,25)(H,24,26)/b11-7+,12-8+. The van der Waals surface area contributed by atoms with Crippen LogP contribution in [0.5, 0.6) is 23.0 Å². The second-order valence-electron chi connectivity index (χ2n) is 5.87. The van der Waals surface area contributed by atoms with Crippen LogP contribution in [-0.2, 0) is 9.59 Å². The predicted molar refractivity (Wildman–Crippen MR) is 113 cm³/mol. The molecule has 0 saturated heterocycles. The van der Waals surface area contributed by atoms with E-state index in [-0.39, 0.29) is 0 Å². The maximum atomic E-state index is 11.9. The van der Waals surface area contributed by atoms with E-state index in [1.807, 2.05) is 0 Å². The summed E-state index contributed by atoms with van der Waals surface area (Å²) in [5, 5.41) is 0. The van der Waals surface area contributed by atoms with Gasteiger partial charge in [-0.25, -0.2) is 0 Å². The Kier molecular flexibility index (Phi) is 8.31. The fraction of sp³-hybridized carbons (Fsp3) is 0.182. The van der Waals surface area contributed by atoms with Gasteiger partial charge in [-0.15, -0.1) is 0 Å². The molecule has 0 heterocycles. The molecule has 2 aromatic carbocycles. The van der Waals surface area contributed by atoms with Gasteiger partial charge in [0.2, 0.25) is 0 Å². The van der Waals surface area contributed by atoms with Gasteiger partial charge >= 0.3 is 0 Å². The lowest BCUT2D eigenvalue weighted by atomic mass is 10.2. The van der Waals surface area contributed by atoms with E-state index >= 15 is 0 Å². The number of ether oxygens (including phenoxy) is 4. The lowest BCUT2D eigenvalue weighted by Crippen LogP contribution is -2.39. The highest BCUT2D eigenvalue weighted by Gasteiger charge is 2.05. The van der Waals surface area contributed by atoms with E-state index in [4.69, 9.17) is 18.9 Å². The first-order valence-corrected chi connectivity index (χ1v) is 8.91. The smallest absolute Gasteiger partial charge is 0.262 e. The number of benzene rings is 2. The van der Waals surface area contributed by atoms with Crippen LogP contribution in [0.3, 0.4) is 0 Å². The third-order valence-corrected chi connectivity index (χ3v) is 3.98. The van der Waals surface area contributed by atoms with Crippen molar-refractivity contribution in [3.05, 3.63) is 59.7 Å². The SMILES string of the molecule is COc1ccc(/C=C/C(=O)NNC(=O)/C=C/c2ccc(OC)c(OC)c2)cc1OC. The lowest BCUT2D eigenvalue weighted by Gasteiger charge is -2.08. The van der Waals surface area contributed by atoms with Crippen molar-refractivity contribution in [2.75, 3.05) is 28.4 Å². The van der Waals surface area contributed by atoms with Crippen LogP contribution < -0.4 is 29.8 Å². The number of hydrogen-bond acceptors (Lipinski definition) is 6. The predicted octanol–water partition coefficient (Wildman–Crippen LogP) is 2.60. The molecule has 0 fully saturated rings. The van der Waals surface area contributed by atoms with Crippen molar-refractivity contribution in [3.63, 3.8) is 0 Å². The quantitative estimate of drug-likeness (QED) is 0.511. The van der Waals surface area contributed by atoms with Crippen molar-refractivity contribution in [1.29, 1.82) is 0 Å². The number of hydrazine groups is 1. The summed E-state index contributed by atoms with van der Waals surface area (Å²) >= 11 is 0. The Morgan fingerprint density at radius 1 is 0.633 bits per heavy atom. The molecule has 0 bridgehead atoms. The Labute approximate surface area is 175 Å². The van der Waals surface area contributed by atoms with Crippen molar-refractivity contribution in [3.8, 4) is 23.0 Å². The van der Waals surface area contributed by atoms with Crippen LogP contribution in [0, 0.1) is 0 Å². The molecule has 30 heavy (non-hydrogen) atoms. The summed E-state index contributed by atoms with van der Waals surface area (Å²) in [4.78, 5) is 23.8. The van der Waals surface area contributed by atoms with Gasteiger partial charge in [-0.2, -0.15) is 0 Å². The van der Waals surface area contributed by atoms with E-state index in [0.717, 1.165) is 11.1 Å². The topological polar surface area (TPSA) is 95.1 Å². The summed E-state index contributed by atoms with van der Waals surface area (Å²) in [5.41, 5.74) is 6.08. The van der Waals surface area contributed by atoms with Gasteiger partial charge in [-0.1, -0.05) is 12.1 Å². The Bertz CT molecular complexity index is 875. The summed E-state index contributed by atoms with van der Waals surface area (Å²) in [6, 6.07) is 10.5. The lowest BCUT2D eigenvalue weighted by molar-refractivity contribution is -0.123. The average molecular weight is 412 g/mol. The third kappa shape index (κ3) is 6.30. The van der Waals surface area contributed by atoms with E-state index in [0.29, 0.717) is 23.0 Å². The Balaban J connectivity index is 1.89. The molecular weight excluding hydrogens is 388 g/mol. The van der Waals surface area contributed by atoms with Crippen LogP contribution in [-0.4, -0.2) is 40.3 Å². The van der Waals surface area contributed by atoms with Crippen molar-refractivity contribution in [2.24, 2.45) is 0 Å². The molecule has 0 aliphatic carbocycles. The summed E-state index contributed by atoms with van der Waals surface area (Å²) < 4.78 is 20.8. The van der Waals surface area contributed by atoms with Crippen LogP contribution in [0.4, 0.5) is 0 Å². The summed E-state index contributed by atoms with van der Waals surface area (Å²) in [6.45, 7) is 0. The molecule has 0 aliphatic rings. The Morgan fingerprint density at radius 3 is 1.33 bits per heavy atom. The molecule has 0 spiro atoms. The maximum absolute atomic E-state index is 11.9. The zero-order chi connectivity index (χ0) is 21.9. The van der Waals surface area contributed by atoms with Gasteiger partial charge < -0.3 is 18.9 Å². The fourth-order valence-corrected chi connectivity index (χ4v) is 2.46. The minimum absolute atomic E-state index is 0.488. The highest BCUT2D eigenvalue weighted by molar-refractivity contribution is 5.96. The Hall–Kier alpha value is -3.94.